The number of carbonyl (C=O) groups excluding carboxylic acids is 5. The molecule has 0 radical (unpaired) electrons. The van der Waals surface area contributed by atoms with Crippen molar-refractivity contribution >= 4 is 29.9 Å². The molecule has 0 aromatic heterocycles. The quantitative estimate of drug-likeness (QED) is 0.126. The number of nitroso groups, excluding NO2 is 1. The van der Waals surface area contributed by atoms with Gasteiger partial charge in [-0.05, 0) is 27.7 Å². The van der Waals surface area contributed by atoms with E-state index >= 15 is 0 Å². The highest BCUT2D eigenvalue weighted by Gasteiger charge is 2.58. The van der Waals surface area contributed by atoms with E-state index in [1.165, 1.54) is 0 Å². The lowest BCUT2D eigenvalue weighted by molar-refractivity contribution is -0.933. The zero-order chi connectivity index (χ0) is 29.9. The summed E-state index contributed by atoms with van der Waals surface area (Å²) >= 11 is 0. The lowest BCUT2D eigenvalue weighted by Crippen LogP contribution is -3.20. The Hall–Kier alpha value is -3.37. The molecule has 2 fully saturated rings. The molecule has 0 aromatic carbocycles. The van der Waals surface area contributed by atoms with Crippen molar-refractivity contribution in [2.45, 2.75) is 110 Å². The highest BCUT2D eigenvalue weighted by Crippen LogP contribution is 2.31. The molecule has 2 aliphatic heterocycles. The van der Waals surface area contributed by atoms with Gasteiger partial charge in [0.25, 0.3) is 0 Å². The van der Waals surface area contributed by atoms with Crippen LogP contribution in [0, 0.1) is 10.1 Å². The topological polar surface area (TPSA) is 204 Å². The monoisotopic (exact) mass is 560 g/mol. The van der Waals surface area contributed by atoms with Crippen LogP contribution in [0.1, 0.15) is 61.8 Å². The molecule has 3 unspecified atom stereocenters. The number of rotatable bonds is 8. The van der Waals surface area contributed by atoms with Crippen LogP contribution in [-0.4, -0.2) is 89.3 Å². The summed E-state index contributed by atoms with van der Waals surface area (Å²) in [5.74, 6) is -3.24. The van der Waals surface area contributed by atoms with Crippen molar-refractivity contribution < 1.29 is 52.7 Å². The van der Waals surface area contributed by atoms with Gasteiger partial charge in [0.1, 0.15) is 30.3 Å². The van der Waals surface area contributed by atoms with Gasteiger partial charge in [0.2, 0.25) is 6.29 Å². The minimum absolute atomic E-state index is 0.125. The molecule has 7 atom stereocenters. The molecule has 2 rings (SSSR count). The normalized spacial score (nSPS) is 30.8. The Morgan fingerprint density at radius 2 is 1.49 bits per heavy atom. The van der Waals surface area contributed by atoms with Crippen molar-refractivity contribution in [3.8, 4) is 0 Å². The Morgan fingerprint density at radius 3 is 1.92 bits per heavy atom. The van der Waals surface area contributed by atoms with E-state index in [4.69, 9.17) is 23.7 Å². The maximum Gasteiger partial charge on any atom is 0.341 e. The van der Waals surface area contributed by atoms with Crippen LogP contribution in [0.3, 0.4) is 0 Å². The van der Waals surface area contributed by atoms with E-state index in [9.17, 15) is 34.1 Å². The number of nitrogens with zero attached hydrogens (tertiary/aromatic N) is 2. The fourth-order valence-corrected chi connectivity index (χ4v) is 5.01. The third kappa shape index (κ3) is 7.39. The highest BCUT2D eigenvalue weighted by atomic mass is 16.7. The van der Waals surface area contributed by atoms with Gasteiger partial charge in [-0.1, -0.05) is 0 Å². The molecule has 220 valence electrons. The minimum Gasteiger partial charge on any atom is -0.633 e. The number of ether oxygens (including phenoxy) is 5. The van der Waals surface area contributed by atoms with E-state index in [2.05, 4.69) is 10.6 Å². The molecular weight excluding hydrogens is 524 g/mol. The molecule has 16 heteroatoms. The summed E-state index contributed by atoms with van der Waals surface area (Å²) in [4.78, 5) is 72.6. The molecule has 2 amide bonds. The number of hydroxylamine groups is 2. The van der Waals surface area contributed by atoms with Gasteiger partial charge in [-0.15, -0.1) is 4.91 Å². The third-order valence-corrected chi connectivity index (χ3v) is 6.60. The van der Waals surface area contributed by atoms with Crippen molar-refractivity contribution in [3.63, 3.8) is 0 Å². The van der Waals surface area contributed by atoms with Crippen LogP contribution < -0.4 is 10.4 Å². The largest absolute Gasteiger partial charge is 0.633 e. The van der Waals surface area contributed by atoms with Crippen molar-refractivity contribution in [3.05, 3.63) is 10.1 Å². The molecule has 0 aromatic rings. The second-order valence-electron chi connectivity index (χ2n) is 10.7. The number of esters is 4. The van der Waals surface area contributed by atoms with Gasteiger partial charge in [-0.3, -0.25) is 19.2 Å². The van der Waals surface area contributed by atoms with Crippen LogP contribution >= 0.6 is 0 Å². The summed E-state index contributed by atoms with van der Waals surface area (Å²) in [6, 6.07) is -3.58. The summed E-state index contributed by atoms with van der Waals surface area (Å²) in [5.41, 5.74) is -1.99. The van der Waals surface area contributed by atoms with Crippen LogP contribution in [0.15, 0.2) is 5.29 Å². The van der Waals surface area contributed by atoms with E-state index < -0.39 is 84.3 Å². The molecular formula is C23H36N4O12. The average Bonchev–Trinajstić information content (AvgIpc) is 2.95. The smallest absolute Gasteiger partial charge is 0.341 e. The van der Waals surface area contributed by atoms with Gasteiger partial charge in [-0.25, -0.2) is 4.79 Å². The number of carbonyl (C=O) groups is 5. The minimum atomic E-state index is -1.65. The Bertz CT molecular complexity index is 986. The van der Waals surface area contributed by atoms with Gasteiger partial charge in [0.15, 0.2) is 12.2 Å². The first kappa shape index (κ1) is 31.8. The van der Waals surface area contributed by atoms with E-state index in [0.717, 1.165) is 27.7 Å². The van der Waals surface area contributed by atoms with Crippen molar-refractivity contribution in [1.29, 1.82) is 0 Å². The van der Waals surface area contributed by atoms with E-state index in [1.54, 1.807) is 27.7 Å². The molecule has 0 spiro atoms. The fraction of sp³-hybridized carbons (Fsp3) is 0.783. The Morgan fingerprint density at radius 1 is 0.949 bits per heavy atom. The van der Waals surface area contributed by atoms with Crippen LogP contribution in [-0.2, 0) is 42.9 Å². The SMILES string of the molecule is CC(=O)OC[C@H]1OC(OC(C)=O)[C@H](NC(=O)N(N=O)C2CC(C)(C)[NH+]([O-])C2(C)C)[C@@H](OC(C)=O)[C@@H]1OC(C)=O. The molecule has 16 nitrogen and oxygen atoms in total. The molecule has 0 saturated carbocycles. The Balaban J connectivity index is 2.49. The maximum atomic E-state index is 13.4. The second kappa shape index (κ2) is 12.2. The average molecular weight is 561 g/mol. The van der Waals surface area contributed by atoms with Crippen molar-refractivity contribution in [2.75, 3.05) is 6.61 Å². The van der Waals surface area contributed by atoms with Crippen LogP contribution in [0.25, 0.3) is 0 Å². The van der Waals surface area contributed by atoms with Crippen molar-refractivity contribution in [1.82, 2.24) is 10.3 Å². The van der Waals surface area contributed by atoms with Gasteiger partial charge < -0.3 is 39.3 Å². The maximum absolute atomic E-state index is 13.4. The molecule has 0 bridgehead atoms. The molecule has 2 heterocycles. The molecule has 0 aliphatic carbocycles. The Labute approximate surface area is 225 Å². The van der Waals surface area contributed by atoms with E-state index in [0.29, 0.717) is 5.01 Å². The third-order valence-electron chi connectivity index (χ3n) is 6.60. The van der Waals surface area contributed by atoms with Crippen LogP contribution in [0.4, 0.5) is 4.79 Å². The predicted molar refractivity (Wildman–Crippen MR) is 129 cm³/mol. The van der Waals surface area contributed by atoms with Crippen LogP contribution in [0.5, 0.6) is 0 Å². The summed E-state index contributed by atoms with van der Waals surface area (Å²) in [5, 5.41) is 18.6. The number of nitrogens with one attached hydrogen (secondary N) is 2. The number of quaternary nitrogens is 1. The molecule has 2 N–H and O–H groups in total. The van der Waals surface area contributed by atoms with Gasteiger partial charge >= 0.3 is 29.9 Å². The van der Waals surface area contributed by atoms with E-state index in [1.807, 2.05) is 0 Å². The molecule has 2 aliphatic rings. The lowest BCUT2D eigenvalue weighted by Gasteiger charge is -2.45. The zero-order valence-electron chi connectivity index (χ0n) is 23.2. The second-order valence-corrected chi connectivity index (χ2v) is 10.7. The number of hydrogen-bond acceptors (Lipinski definition) is 13. The van der Waals surface area contributed by atoms with E-state index in [-0.39, 0.29) is 11.5 Å². The highest BCUT2D eigenvalue weighted by molar-refractivity contribution is 5.75. The fourth-order valence-electron chi connectivity index (χ4n) is 5.01. The summed E-state index contributed by atoms with van der Waals surface area (Å²) in [6.07, 6.45) is -5.78. The summed E-state index contributed by atoms with van der Waals surface area (Å²) in [7, 11) is 0. The standard InChI is InChI=1S/C23H36N4O12/c1-11(28)35-10-15-18(36-12(2)29)19(37-13(3)30)17(20(39-15)38-14(4)31)24-21(32)26(25-33)16-9-22(5,6)27(34)23(16,7)8/h15-20,27H,9-10H2,1-8H3,(H,24,32)/t15-,16?,17-,18-,19-,20?/m1/s1. The lowest BCUT2D eigenvalue weighted by atomic mass is 9.93. The van der Waals surface area contributed by atoms with Gasteiger partial charge in [0, 0.05) is 34.1 Å². The molecule has 2 saturated heterocycles. The number of amides is 2. The van der Waals surface area contributed by atoms with Crippen molar-refractivity contribution in [2.24, 2.45) is 5.29 Å². The first-order valence-corrected chi connectivity index (χ1v) is 12.2. The number of hydrogen-bond donors (Lipinski definition) is 2. The zero-order valence-corrected chi connectivity index (χ0v) is 23.2. The summed E-state index contributed by atoms with van der Waals surface area (Å²) < 4.78 is 26.6. The predicted octanol–water partition coefficient (Wildman–Crippen LogP) is -0.525. The van der Waals surface area contributed by atoms with Gasteiger partial charge in [-0.2, -0.15) is 5.01 Å². The van der Waals surface area contributed by atoms with Gasteiger partial charge in [0.05, 0.1) is 10.8 Å². The Kier molecular flexibility index (Phi) is 9.97. The van der Waals surface area contributed by atoms with Crippen LogP contribution in [0.2, 0.25) is 0 Å². The first-order valence-electron chi connectivity index (χ1n) is 12.2. The molecule has 39 heavy (non-hydrogen) atoms. The summed E-state index contributed by atoms with van der Waals surface area (Å²) in [6.45, 7) is 10.4. The number of urea groups is 1. The first-order chi connectivity index (χ1) is 17.9.